The molecule has 3 nitrogen and oxygen atoms in total. The molecule has 0 saturated carbocycles. The average molecular weight is 354 g/mol. The Bertz CT molecular complexity index is 726. The third-order valence-corrected chi connectivity index (χ3v) is 5.13. The second-order valence-corrected chi connectivity index (χ2v) is 7.04. The maximum absolute atomic E-state index is 13.7. The molecule has 0 aliphatic carbocycles. The lowest BCUT2D eigenvalue weighted by molar-refractivity contribution is 0.0983. The highest BCUT2D eigenvalue weighted by molar-refractivity contribution is 5.97. The number of aryl methyl sites for hydroxylation is 1. The molecule has 1 N–H and O–H groups in total. The molecule has 0 bridgehead atoms. The van der Waals surface area contributed by atoms with E-state index in [4.69, 9.17) is 0 Å². The van der Waals surface area contributed by atoms with Gasteiger partial charge >= 0.3 is 0 Å². The van der Waals surface area contributed by atoms with Crippen molar-refractivity contribution in [2.75, 3.05) is 26.2 Å². The Morgan fingerprint density at radius 1 is 1.12 bits per heavy atom. The summed E-state index contributed by atoms with van der Waals surface area (Å²) in [4.78, 5) is 14.9. The van der Waals surface area contributed by atoms with Crippen molar-refractivity contribution >= 4 is 5.78 Å². The smallest absolute Gasteiger partial charge is 0.176 e. The lowest BCUT2D eigenvalue weighted by Crippen LogP contribution is -2.40. The number of likely N-dealkylation sites (tertiary alicyclic amines) is 1. The van der Waals surface area contributed by atoms with Gasteiger partial charge in [-0.25, -0.2) is 4.39 Å². The van der Waals surface area contributed by atoms with Gasteiger partial charge in [0, 0.05) is 18.2 Å². The number of hydrogen-bond donors (Lipinski definition) is 1. The predicted octanol–water partition coefficient (Wildman–Crippen LogP) is 4.13. The number of Topliss-reactive ketones (excluding diaryl/α,β-unsaturated/α-hetero) is 1. The van der Waals surface area contributed by atoms with E-state index >= 15 is 0 Å². The van der Waals surface area contributed by atoms with Crippen molar-refractivity contribution in [3.05, 3.63) is 71.0 Å². The summed E-state index contributed by atoms with van der Waals surface area (Å²) in [5.74, 6) is -0.402. The molecule has 1 aliphatic heterocycles. The third-order valence-electron chi connectivity index (χ3n) is 5.13. The van der Waals surface area contributed by atoms with Crippen LogP contribution in [0.1, 0.15) is 46.8 Å². The minimum atomic E-state index is -0.327. The van der Waals surface area contributed by atoms with Gasteiger partial charge in [0.25, 0.3) is 0 Å². The fraction of sp³-hybridized carbons (Fsp3) is 0.409. The van der Waals surface area contributed by atoms with Crippen molar-refractivity contribution in [2.45, 2.75) is 32.2 Å². The minimum absolute atomic E-state index is 0.0747. The number of ketones is 1. The van der Waals surface area contributed by atoms with Gasteiger partial charge in [0.2, 0.25) is 0 Å². The van der Waals surface area contributed by atoms with Crippen LogP contribution in [0.25, 0.3) is 0 Å². The zero-order valence-corrected chi connectivity index (χ0v) is 15.4. The van der Waals surface area contributed by atoms with Crippen molar-refractivity contribution in [3.63, 3.8) is 0 Å². The van der Waals surface area contributed by atoms with Crippen LogP contribution < -0.4 is 5.32 Å². The van der Waals surface area contributed by atoms with E-state index < -0.39 is 0 Å². The van der Waals surface area contributed by atoms with Gasteiger partial charge in [-0.2, -0.15) is 0 Å². The molecule has 4 heteroatoms. The largest absolute Gasteiger partial charge is 0.308 e. The molecular weight excluding hydrogens is 327 g/mol. The molecule has 0 amide bonds. The van der Waals surface area contributed by atoms with Crippen molar-refractivity contribution in [3.8, 4) is 0 Å². The molecule has 0 radical (unpaired) electrons. The van der Waals surface area contributed by atoms with E-state index in [2.05, 4.69) is 34.5 Å². The highest BCUT2D eigenvalue weighted by Gasteiger charge is 2.22. The summed E-state index contributed by atoms with van der Waals surface area (Å²) in [7, 11) is 0. The number of nitrogens with zero attached hydrogens (tertiary/aromatic N) is 1. The fourth-order valence-electron chi connectivity index (χ4n) is 3.55. The standard InChI is InChI=1S/C22H27FN2O/c1-17-10-11-19(14-20(17)23)22(26)16-24-15-21(18-8-4-2-5-9-18)25-12-6-3-7-13-25/h2,4-5,8-11,14,21,24H,3,6-7,12-13,15-16H2,1H3. The number of benzene rings is 2. The SMILES string of the molecule is Cc1ccc(C(=O)CNCC(c2ccccc2)N2CCCCC2)cc1F. The van der Waals surface area contributed by atoms with E-state index in [1.54, 1.807) is 19.1 Å². The Kier molecular flexibility index (Phi) is 6.53. The highest BCUT2D eigenvalue weighted by Crippen LogP contribution is 2.24. The first-order chi connectivity index (χ1) is 12.6. The Morgan fingerprint density at radius 2 is 1.85 bits per heavy atom. The maximum Gasteiger partial charge on any atom is 0.176 e. The zero-order chi connectivity index (χ0) is 18.4. The van der Waals surface area contributed by atoms with Gasteiger partial charge in [0.05, 0.1) is 6.54 Å². The number of piperidine rings is 1. The molecule has 0 spiro atoms. The first-order valence-corrected chi connectivity index (χ1v) is 9.44. The zero-order valence-electron chi connectivity index (χ0n) is 15.4. The van der Waals surface area contributed by atoms with Gasteiger partial charge in [0.1, 0.15) is 5.82 Å². The number of carbonyl (C=O) groups excluding carboxylic acids is 1. The van der Waals surface area contributed by atoms with Crippen LogP contribution in [-0.2, 0) is 0 Å². The van der Waals surface area contributed by atoms with Gasteiger partial charge in [-0.05, 0) is 50.0 Å². The molecule has 26 heavy (non-hydrogen) atoms. The van der Waals surface area contributed by atoms with Crippen molar-refractivity contribution in [2.24, 2.45) is 0 Å². The molecule has 1 atom stereocenters. The van der Waals surface area contributed by atoms with E-state index in [0.717, 1.165) is 13.1 Å². The summed E-state index contributed by atoms with van der Waals surface area (Å²) < 4.78 is 13.7. The van der Waals surface area contributed by atoms with Gasteiger partial charge in [-0.3, -0.25) is 9.69 Å². The second kappa shape index (κ2) is 9.06. The van der Waals surface area contributed by atoms with Crippen LogP contribution in [-0.4, -0.2) is 36.9 Å². The van der Waals surface area contributed by atoms with Gasteiger partial charge in [-0.1, -0.05) is 48.9 Å². The van der Waals surface area contributed by atoms with Crippen molar-refractivity contribution in [1.82, 2.24) is 10.2 Å². The monoisotopic (exact) mass is 354 g/mol. The number of hydrogen-bond acceptors (Lipinski definition) is 3. The first kappa shape index (κ1) is 18.7. The molecular formula is C22H27FN2O. The average Bonchev–Trinajstić information content (AvgIpc) is 2.68. The van der Waals surface area contributed by atoms with Crippen LogP contribution in [0, 0.1) is 12.7 Å². The summed E-state index contributed by atoms with van der Waals surface area (Å²) in [5, 5.41) is 3.30. The van der Waals surface area contributed by atoms with E-state index in [1.807, 2.05) is 6.07 Å². The van der Waals surface area contributed by atoms with Crippen LogP contribution in [0.15, 0.2) is 48.5 Å². The van der Waals surface area contributed by atoms with Crippen LogP contribution >= 0.6 is 0 Å². The third kappa shape index (κ3) is 4.77. The summed E-state index contributed by atoms with van der Waals surface area (Å²) >= 11 is 0. The lowest BCUT2D eigenvalue weighted by Gasteiger charge is -2.35. The Morgan fingerprint density at radius 3 is 2.54 bits per heavy atom. The summed E-state index contributed by atoms with van der Waals surface area (Å²) in [5.41, 5.74) is 2.26. The molecule has 1 fully saturated rings. The summed E-state index contributed by atoms with van der Waals surface area (Å²) in [6.45, 7) is 4.82. The Balaban J connectivity index is 1.62. The molecule has 1 aliphatic rings. The van der Waals surface area contributed by atoms with Crippen LogP contribution in [0.3, 0.4) is 0 Å². The number of rotatable bonds is 7. The molecule has 2 aromatic rings. The Hall–Kier alpha value is -2.04. The number of halogens is 1. The van der Waals surface area contributed by atoms with E-state index in [-0.39, 0.29) is 24.2 Å². The fourth-order valence-corrected chi connectivity index (χ4v) is 3.55. The number of carbonyl (C=O) groups is 1. The highest BCUT2D eigenvalue weighted by atomic mass is 19.1. The quantitative estimate of drug-likeness (QED) is 0.759. The molecule has 0 aromatic heterocycles. The molecule has 1 unspecified atom stereocenters. The Labute approximate surface area is 155 Å². The van der Waals surface area contributed by atoms with E-state index in [0.29, 0.717) is 17.7 Å². The van der Waals surface area contributed by atoms with Gasteiger partial charge in [0.15, 0.2) is 5.78 Å². The van der Waals surface area contributed by atoms with Crippen molar-refractivity contribution in [1.29, 1.82) is 0 Å². The topological polar surface area (TPSA) is 32.3 Å². The molecule has 1 heterocycles. The van der Waals surface area contributed by atoms with Gasteiger partial charge < -0.3 is 5.32 Å². The van der Waals surface area contributed by atoms with Crippen molar-refractivity contribution < 1.29 is 9.18 Å². The molecule has 2 aromatic carbocycles. The lowest BCUT2D eigenvalue weighted by atomic mass is 10.0. The summed E-state index contributed by atoms with van der Waals surface area (Å²) in [6.07, 6.45) is 3.75. The molecule has 1 saturated heterocycles. The second-order valence-electron chi connectivity index (χ2n) is 7.04. The van der Waals surface area contributed by atoms with Crippen LogP contribution in [0.4, 0.5) is 4.39 Å². The predicted molar refractivity (Wildman–Crippen MR) is 103 cm³/mol. The first-order valence-electron chi connectivity index (χ1n) is 9.44. The normalized spacial score (nSPS) is 16.4. The van der Waals surface area contributed by atoms with E-state index in [9.17, 15) is 9.18 Å². The summed E-state index contributed by atoms with van der Waals surface area (Å²) in [6, 6.07) is 15.4. The van der Waals surface area contributed by atoms with Crippen LogP contribution in [0.2, 0.25) is 0 Å². The van der Waals surface area contributed by atoms with Crippen LogP contribution in [0.5, 0.6) is 0 Å². The number of nitrogens with one attached hydrogen (secondary N) is 1. The van der Waals surface area contributed by atoms with Gasteiger partial charge in [-0.15, -0.1) is 0 Å². The van der Waals surface area contributed by atoms with E-state index in [1.165, 1.54) is 30.9 Å². The molecule has 138 valence electrons. The maximum atomic E-state index is 13.7. The molecule has 3 rings (SSSR count). The minimum Gasteiger partial charge on any atom is -0.308 e.